The van der Waals surface area contributed by atoms with Crippen LogP contribution >= 0.6 is 0 Å². The molecule has 0 unspecified atom stereocenters. The first-order valence-electron chi connectivity index (χ1n) is 11.2. The summed E-state index contributed by atoms with van der Waals surface area (Å²) >= 11 is 0. The van der Waals surface area contributed by atoms with Gasteiger partial charge in [-0.25, -0.2) is 4.39 Å². The zero-order chi connectivity index (χ0) is 20.6. The summed E-state index contributed by atoms with van der Waals surface area (Å²) in [5.74, 6) is 1.09. The lowest BCUT2D eigenvalue weighted by Crippen LogP contribution is -2.46. The minimum atomic E-state index is -0.852. The van der Waals surface area contributed by atoms with Crippen LogP contribution in [-0.2, 0) is 19.7 Å². The Hall–Kier alpha value is -1.91. The summed E-state index contributed by atoms with van der Waals surface area (Å²) in [6, 6.07) is 6.32. The molecule has 4 nitrogen and oxygen atoms in total. The lowest BCUT2D eigenvalue weighted by atomic mass is 9.79. The van der Waals surface area contributed by atoms with Gasteiger partial charge in [0.25, 0.3) is 5.91 Å². The summed E-state index contributed by atoms with van der Waals surface area (Å²) in [6.45, 7) is 3.71. The summed E-state index contributed by atoms with van der Waals surface area (Å²) < 4.78 is 19.4. The Morgan fingerprint density at radius 2 is 1.93 bits per heavy atom. The zero-order valence-electron chi connectivity index (χ0n) is 17.5. The number of nitrogens with one attached hydrogen (secondary N) is 1. The van der Waals surface area contributed by atoms with Gasteiger partial charge in [-0.1, -0.05) is 31.4 Å². The lowest BCUT2D eigenvalue weighted by Gasteiger charge is -2.31. The molecule has 3 aliphatic rings. The van der Waals surface area contributed by atoms with E-state index in [1.807, 2.05) is 0 Å². The van der Waals surface area contributed by atoms with Gasteiger partial charge in [0.1, 0.15) is 5.82 Å². The van der Waals surface area contributed by atoms with Crippen LogP contribution in [0.4, 0.5) is 4.39 Å². The Labute approximate surface area is 172 Å². The van der Waals surface area contributed by atoms with E-state index in [2.05, 4.69) is 12.2 Å². The van der Waals surface area contributed by atoms with E-state index in [1.165, 1.54) is 37.8 Å². The second-order valence-corrected chi connectivity index (χ2v) is 9.48. The molecule has 29 heavy (non-hydrogen) atoms. The normalized spacial score (nSPS) is 29.4. The van der Waals surface area contributed by atoms with Gasteiger partial charge in [-0.15, -0.1) is 0 Å². The molecule has 0 aliphatic heterocycles. The fourth-order valence-corrected chi connectivity index (χ4v) is 6.06. The van der Waals surface area contributed by atoms with E-state index < -0.39 is 17.5 Å². The van der Waals surface area contributed by atoms with Gasteiger partial charge in [-0.2, -0.15) is 0 Å². The van der Waals surface area contributed by atoms with E-state index in [0.717, 1.165) is 24.7 Å². The first-order chi connectivity index (χ1) is 13.9. The lowest BCUT2D eigenvalue weighted by molar-refractivity contribution is -0.160. The number of amides is 1. The summed E-state index contributed by atoms with van der Waals surface area (Å²) in [4.78, 5) is 25.8. The standard InChI is InChI=1S/C24H32FNO3/c1-15(21-13-17-8-9-18(21)12-17)26-22(27)16(2)29-23(28)24(10-3-4-11-24)19-6-5-7-20(25)14-19/h5-7,14-18,21H,3-4,8-13H2,1-2H3,(H,26,27)/t15-,16+,17+,18+,21-/m0/s1. The average molecular weight is 402 g/mol. The molecule has 3 saturated carbocycles. The average Bonchev–Trinajstić information content (AvgIpc) is 3.44. The van der Waals surface area contributed by atoms with Gasteiger partial charge < -0.3 is 10.1 Å². The van der Waals surface area contributed by atoms with Crippen LogP contribution in [0.1, 0.15) is 70.8 Å². The molecule has 0 saturated heterocycles. The topological polar surface area (TPSA) is 55.4 Å². The minimum Gasteiger partial charge on any atom is -0.452 e. The van der Waals surface area contributed by atoms with Gasteiger partial charge >= 0.3 is 5.97 Å². The van der Waals surface area contributed by atoms with Crippen molar-refractivity contribution in [2.24, 2.45) is 17.8 Å². The third-order valence-electron chi connectivity index (χ3n) is 7.68. The first kappa shape index (κ1) is 20.4. The van der Waals surface area contributed by atoms with Crippen LogP contribution in [0.3, 0.4) is 0 Å². The summed E-state index contributed by atoms with van der Waals surface area (Å²) in [7, 11) is 0. The van der Waals surface area contributed by atoms with Gasteiger partial charge in [-0.05, 0) is 81.4 Å². The number of hydrogen-bond donors (Lipinski definition) is 1. The number of hydrogen-bond acceptors (Lipinski definition) is 3. The quantitative estimate of drug-likeness (QED) is 0.714. The molecule has 0 heterocycles. The molecule has 1 aromatic rings. The molecule has 5 atom stereocenters. The Morgan fingerprint density at radius 3 is 2.55 bits per heavy atom. The number of rotatable bonds is 6. The molecular weight excluding hydrogens is 369 g/mol. The van der Waals surface area contributed by atoms with Crippen LogP contribution in [0.5, 0.6) is 0 Å². The van der Waals surface area contributed by atoms with E-state index in [9.17, 15) is 14.0 Å². The molecule has 1 N–H and O–H groups in total. The predicted molar refractivity (Wildman–Crippen MR) is 109 cm³/mol. The Bertz CT molecular complexity index is 773. The van der Waals surface area contributed by atoms with E-state index >= 15 is 0 Å². The molecule has 1 amide bonds. The second kappa shape index (κ2) is 8.08. The highest BCUT2D eigenvalue weighted by molar-refractivity contribution is 5.88. The van der Waals surface area contributed by atoms with Crippen molar-refractivity contribution in [2.45, 2.75) is 82.8 Å². The highest BCUT2D eigenvalue weighted by Crippen LogP contribution is 2.49. The summed E-state index contributed by atoms with van der Waals surface area (Å²) in [6.07, 6.45) is 7.30. The second-order valence-electron chi connectivity index (χ2n) is 9.48. The van der Waals surface area contributed by atoms with E-state index in [0.29, 0.717) is 24.3 Å². The highest BCUT2D eigenvalue weighted by atomic mass is 19.1. The highest BCUT2D eigenvalue weighted by Gasteiger charge is 2.46. The SMILES string of the molecule is C[C@H](NC(=O)[C@@H](C)OC(=O)C1(c2cccc(F)c2)CCCC1)[C@@H]1C[C@@H]2CC[C@@H]1C2. The third-order valence-corrected chi connectivity index (χ3v) is 7.68. The molecule has 4 rings (SSSR count). The summed E-state index contributed by atoms with van der Waals surface area (Å²) in [5.41, 5.74) is -0.185. The zero-order valence-corrected chi connectivity index (χ0v) is 17.5. The first-order valence-corrected chi connectivity index (χ1v) is 11.2. The molecule has 0 radical (unpaired) electrons. The molecule has 158 valence electrons. The number of carbonyl (C=O) groups excluding carboxylic acids is 2. The Morgan fingerprint density at radius 1 is 1.17 bits per heavy atom. The van der Waals surface area contributed by atoms with E-state index in [-0.39, 0.29) is 17.8 Å². The van der Waals surface area contributed by atoms with Crippen molar-refractivity contribution in [1.29, 1.82) is 0 Å². The monoisotopic (exact) mass is 401 g/mol. The maximum Gasteiger partial charge on any atom is 0.317 e. The van der Waals surface area contributed by atoms with Crippen molar-refractivity contribution >= 4 is 11.9 Å². The fraction of sp³-hybridized carbons (Fsp3) is 0.667. The van der Waals surface area contributed by atoms with Crippen molar-refractivity contribution in [3.8, 4) is 0 Å². The molecule has 0 spiro atoms. The maximum atomic E-state index is 13.8. The van der Waals surface area contributed by atoms with Crippen molar-refractivity contribution in [1.82, 2.24) is 5.32 Å². The van der Waals surface area contributed by atoms with Crippen molar-refractivity contribution in [3.63, 3.8) is 0 Å². The minimum absolute atomic E-state index is 0.0996. The van der Waals surface area contributed by atoms with E-state index in [1.54, 1.807) is 19.1 Å². The number of ether oxygens (including phenoxy) is 1. The van der Waals surface area contributed by atoms with Crippen LogP contribution in [0.25, 0.3) is 0 Å². The van der Waals surface area contributed by atoms with Crippen molar-refractivity contribution < 1.29 is 18.7 Å². The smallest absolute Gasteiger partial charge is 0.317 e. The largest absolute Gasteiger partial charge is 0.452 e. The predicted octanol–water partition coefficient (Wildman–Crippen LogP) is 4.51. The van der Waals surface area contributed by atoms with Crippen LogP contribution in [0.15, 0.2) is 24.3 Å². The molecule has 0 aromatic heterocycles. The molecule has 2 bridgehead atoms. The number of halogens is 1. The van der Waals surface area contributed by atoms with Gasteiger partial charge in [0.05, 0.1) is 5.41 Å². The Kier molecular flexibility index (Phi) is 5.67. The number of carbonyl (C=O) groups is 2. The van der Waals surface area contributed by atoms with Crippen LogP contribution in [0.2, 0.25) is 0 Å². The van der Waals surface area contributed by atoms with Crippen LogP contribution in [0, 0.1) is 23.6 Å². The van der Waals surface area contributed by atoms with Gasteiger partial charge in [-0.3, -0.25) is 9.59 Å². The van der Waals surface area contributed by atoms with E-state index in [4.69, 9.17) is 4.74 Å². The van der Waals surface area contributed by atoms with Crippen LogP contribution in [-0.4, -0.2) is 24.0 Å². The molecule has 3 aliphatic carbocycles. The van der Waals surface area contributed by atoms with Gasteiger partial charge in [0.2, 0.25) is 0 Å². The van der Waals surface area contributed by atoms with Crippen molar-refractivity contribution in [2.75, 3.05) is 0 Å². The maximum absolute atomic E-state index is 13.8. The molecular formula is C24H32FNO3. The third kappa shape index (κ3) is 3.93. The number of fused-ring (bicyclic) bond motifs is 2. The number of esters is 1. The Balaban J connectivity index is 1.39. The molecule has 1 aromatic carbocycles. The fourth-order valence-electron chi connectivity index (χ4n) is 6.06. The van der Waals surface area contributed by atoms with Crippen molar-refractivity contribution in [3.05, 3.63) is 35.6 Å². The van der Waals surface area contributed by atoms with Crippen LogP contribution < -0.4 is 5.32 Å². The summed E-state index contributed by atoms with van der Waals surface area (Å²) in [5, 5.41) is 3.09. The molecule has 5 heteroatoms. The van der Waals surface area contributed by atoms with Gasteiger partial charge in [0.15, 0.2) is 6.10 Å². The number of benzene rings is 1. The molecule has 3 fully saturated rings. The van der Waals surface area contributed by atoms with Gasteiger partial charge in [0, 0.05) is 6.04 Å².